The van der Waals surface area contributed by atoms with Crippen molar-refractivity contribution in [3.8, 4) is 0 Å². The standard InChI is InChI=1S/C10H14/c1-8(2)10-6-4-5-9(3)7-10/h4-6,10H,1,7H2,2-3H3. The summed E-state index contributed by atoms with van der Waals surface area (Å²) in [5, 5.41) is 0. The molecule has 0 aromatic heterocycles. The molecule has 0 heterocycles. The summed E-state index contributed by atoms with van der Waals surface area (Å²) in [5.41, 5.74) is 2.72. The van der Waals surface area contributed by atoms with Gasteiger partial charge in [-0.3, -0.25) is 0 Å². The first-order valence-electron chi connectivity index (χ1n) is 3.69. The van der Waals surface area contributed by atoms with Gasteiger partial charge in [0.1, 0.15) is 0 Å². The topological polar surface area (TPSA) is 0 Å². The summed E-state index contributed by atoms with van der Waals surface area (Å²) in [5.74, 6) is 0.588. The minimum Gasteiger partial charge on any atom is -0.0995 e. The lowest BCUT2D eigenvalue weighted by Crippen LogP contribution is -2.00. The molecule has 0 aromatic carbocycles. The van der Waals surface area contributed by atoms with Gasteiger partial charge in [0.25, 0.3) is 0 Å². The van der Waals surface area contributed by atoms with E-state index in [1.165, 1.54) is 11.1 Å². The van der Waals surface area contributed by atoms with Crippen LogP contribution in [-0.2, 0) is 0 Å². The summed E-state index contributed by atoms with van der Waals surface area (Å²) >= 11 is 0. The maximum Gasteiger partial charge on any atom is 0.00116 e. The highest BCUT2D eigenvalue weighted by molar-refractivity contribution is 5.23. The first-order valence-corrected chi connectivity index (χ1v) is 3.69. The molecule has 0 bridgehead atoms. The van der Waals surface area contributed by atoms with Gasteiger partial charge in [-0.2, -0.15) is 0 Å². The van der Waals surface area contributed by atoms with Crippen LogP contribution in [0.25, 0.3) is 0 Å². The third-order valence-corrected chi connectivity index (χ3v) is 1.90. The van der Waals surface area contributed by atoms with Crippen LogP contribution in [0.4, 0.5) is 0 Å². The van der Waals surface area contributed by atoms with Crippen molar-refractivity contribution in [2.24, 2.45) is 5.92 Å². The van der Waals surface area contributed by atoms with E-state index in [2.05, 4.69) is 38.7 Å². The predicted molar refractivity (Wildman–Crippen MR) is 45.8 cm³/mol. The van der Waals surface area contributed by atoms with E-state index in [0.29, 0.717) is 5.92 Å². The van der Waals surface area contributed by atoms with Gasteiger partial charge < -0.3 is 0 Å². The molecule has 0 spiro atoms. The lowest BCUT2D eigenvalue weighted by Gasteiger charge is -2.15. The Labute approximate surface area is 62.9 Å². The van der Waals surface area contributed by atoms with E-state index in [4.69, 9.17) is 0 Å². The zero-order valence-electron chi connectivity index (χ0n) is 6.72. The molecule has 0 heteroatoms. The summed E-state index contributed by atoms with van der Waals surface area (Å²) < 4.78 is 0. The van der Waals surface area contributed by atoms with Crippen LogP contribution in [0.5, 0.6) is 0 Å². The quantitative estimate of drug-likeness (QED) is 0.483. The fraction of sp³-hybridized carbons (Fsp3) is 0.400. The summed E-state index contributed by atoms with van der Waals surface area (Å²) in [7, 11) is 0. The largest absolute Gasteiger partial charge is 0.0995 e. The van der Waals surface area contributed by atoms with E-state index in [1.54, 1.807) is 0 Å². The molecule has 0 aromatic rings. The van der Waals surface area contributed by atoms with Gasteiger partial charge in [-0.1, -0.05) is 36.0 Å². The van der Waals surface area contributed by atoms with E-state index in [0.717, 1.165) is 6.42 Å². The maximum atomic E-state index is 3.93. The molecule has 0 radical (unpaired) electrons. The highest BCUT2D eigenvalue weighted by Crippen LogP contribution is 2.23. The molecule has 0 nitrogen and oxygen atoms in total. The molecule has 0 fully saturated rings. The molecule has 1 aliphatic rings. The van der Waals surface area contributed by atoms with Crippen LogP contribution in [0.1, 0.15) is 20.3 Å². The van der Waals surface area contributed by atoms with Gasteiger partial charge in [0.05, 0.1) is 0 Å². The van der Waals surface area contributed by atoms with Crippen molar-refractivity contribution < 1.29 is 0 Å². The number of rotatable bonds is 1. The molecule has 0 amide bonds. The Morgan fingerprint density at radius 3 is 2.80 bits per heavy atom. The molecule has 1 rings (SSSR count). The van der Waals surface area contributed by atoms with Gasteiger partial charge in [-0.25, -0.2) is 0 Å². The minimum atomic E-state index is 0.588. The zero-order chi connectivity index (χ0) is 7.56. The fourth-order valence-electron chi connectivity index (χ4n) is 1.18. The van der Waals surface area contributed by atoms with Gasteiger partial charge in [-0.15, -0.1) is 0 Å². The molecule has 1 atom stereocenters. The van der Waals surface area contributed by atoms with E-state index in [9.17, 15) is 0 Å². The number of hydrogen-bond donors (Lipinski definition) is 0. The first-order chi connectivity index (χ1) is 4.70. The Hall–Kier alpha value is -0.780. The molecule has 0 aliphatic heterocycles. The molecule has 10 heavy (non-hydrogen) atoms. The number of hydrogen-bond acceptors (Lipinski definition) is 0. The molecule has 54 valence electrons. The Morgan fingerprint density at radius 1 is 1.70 bits per heavy atom. The second-order valence-electron chi connectivity index (χ2n) is 3.05. The molecule has 0 saturated heterocycles. The Bertz CT molecular complexity index is 194. The molecule has 0 saturated carbocycles. The summed E-state index contributed by atoms with van der Waals surface area (Å²) in [6.07, 6.45) is 7.67. The second kappa shape index (κ2) is 2.87. The monoisotopic (exact) mass is 134 g/mol. The third kappa shape index (κ3) is 1.60. The van der Waals surface area contributed by atoms with Gasteiger partial charge >= 0.3 is 0 Å². The van der Waals surface area contributed by atoms with E-state index < -0.39 is 0 Å². The second-order valence-corrected chi connectivity index (χ2v) is 3.05. The smallest absolute Gasteiger partial charge is 0.00116 e. The highest BCUT2D eigenvalue weighted by atomic mass is 14.1. The van der Waals surface area contributed by atoms with Crippen molar-refractivity contribution in [2.75, 3.05) is 0 Å². The van der Waals surface area contributed by atoms with Crippen molar-refractivity contribution in [1.29, 1.82) is 0 Å². The van der Waals surface area contributed by atoms with Crippen molar-refractivity contribution in [3.63, 3.8) is 0 Å². The van der Waals surface area contributed by atoms with Gasteiger partial charge in [-0.05, 0) is 20.3 Å². The fourth-order valence-corrected chi connectivity index (χ4v) is 1.18. The van der Waals surface area contributed by atoms with Gasteiger partial charge in [0, 0.05) is 5.92 Å². The molecular weight excluding hydrogens is 120 g/mol. The lowest BCUT2D eigenvalue weighted by molar-refractivity contribution is 0.738. The SMILES string of the molecule is C=C(C)C1C=CC=C(C)C1. The molecule has 1 aliphatic carbocycles. The Kier molecular flexibility index (Phi) is 2.10. The van der Waals surface area contributed by atoms with Crippen molar-refractivity contribution in [3.05, 3.63) is 36.0 Å². The normalized spacial score (nSPS) is 24.2. The van der Waals surface area contributed by atoms with Crippen LogP contribution >= 0.6 is 0 Å². The van der Waals surface area contributed by atoms with Crippen LogP contribution in [0, 0.1) is 5.92 Å². The summed E-state index contributed by atoms with van der Waals surface area (Å²) in [6, 6.07) is 0. The molecule has 1 unspecified atom stereocenters. The maximum absolute atomic E-state index is 3.93. The summed E-state index contributed by atoms with van der Waals surface area (Å²) in [6.45, 7) is 8.19. The minimum absolute atomic E-state index is 0.588. The lowest BCUT2D eigenvalue weighted by atomic mass is 9.90. The van der Waals surface area contributed by atoms with Crippen molar-refractivity contribution in [1.82, 2.24) is 0 Å². The predicted octanol–water partition coefficient (Wildman–Crippen LogP) is 3.08. The van der Waals surface area contributed by atoms with Crippen molar-refractivity contribution in [2.45, 2.75) is 20.3 Å². The van der Waals surface area contributed by atoms with Crippen LogP contribution in [-0.4, -0.2) is 0 Å². The Morgan fingerprint density at radius 2 is 2.40 bits per heavy atom. The average Bonchev–Trinajstić information content (AvgIpc) is 1.88. The van der Waals surface area contributed by atoms with Crippen LogP contribution in [0.3, 0.4) is 0 Å². The average molecular weight is 134 g/mol. The zero-order valence-corrected chi connectivity index (χ0v) is 6.72. The van der Waals surface area contributed by atoms with Crippen LogP contribution < -0.4 is 0 Å². The van der Waals surface area contributed by atoms with E-state index in [1.807, 2.05) is 0 Å². The molecular formula is C10H14. The van der Waals surface area contributed by atoms with E-state index in [-0.39, 0.29) is 0 Å². The van der Waals surface area contributed by atoms with Gasteiger partial charge in [0.2, 0.25) is 0 Å². The van der Waals surface area contributed by atoms with E-state index >= 15 is 0 Å². The Balaban J connectivity index is 2.64. The number of allylic oxidation sites excluding steroid dienone is 5. The van der Waals surface area contributed by atoms with Crippen molar-refractivity contribution >= 4 is 0 Å². The van der Waals surface area contributed by atoms with Crippen LogP contribution in [0.2, 0.25) is 0 Å². The highest BCUT2D eigenvalue weighted by Gasteiger charge is 2.07. The molecule has 0 N–H and O–H groups in total. The first kappa shape index (κ1) is 7.33. The van der Waals surface area contributed by atoms with Gasteiger partial charge in [0.15, 0.2) is 0 Å². The third-order valence-electron chi connectivity index (χ3n) is 1.90. The summed E-state index contributed by atoms with van der Waals surface area (Å²) in [4.78, 5) is 0. The van der Waals surface area contributed by atoms with Crippen LogP contribution in [0.15, 0.2) is 36.0 Å².